The van der Waals surface area contributed by atoms with Crippen molar-refractivity contribution in [3.05, 3.63) is 35.4 Å². The molecule has 19 heavy (non-hydrogen) atoms. The van der Waals surface area contributed by atoms with Gasteiger partial charge in [0.15, 0.2) is 0 Å². The Morgan fingerprint density at radius 1 is 1.16 bits per heavy atom. The van der Waals surface area contributed by atoms with Crippen LogP contribution in [0.2, 0.25) is 0 Å². The molecule has 1 aromatic carbocycles. The van der Waals surface area contributed by atoms with Crippen LogP contribution in [-0.4, -0.2) is 19.0 Å². The fourth-order valence-corrected chi connectivity index (χ4v) is 2.80. The number of nitrogens with one attached hydrogen (secondary N) is 1. The van der Waals surface area contributed by atoms with Gasteiger partial charge in [0.2, 0.25) is 5.91 Å². The van der Waals surface area contributed by atoms with Crippen LogP contribution in [0, 0.1) is 0 Å². The predicted molar refractivity (Wildman–Crippen MR) is 78.0 cm³/mol. The van der Waals surface area contributed by atoms with Gasteiger partial charge in [-0.2, -0.15) is 0 Å². The summed E-state index contributed by atoms with van der Waals surface area (Å²) in [4.78, 5) is 11.6. The molecule has 3 nitrogen and oxygen atoms in total. The van der Waals surface area contributed by atoms with E-state index in [9.17, 15) is 4.79 Å². The van der Waals surface area contributed by atoms with Crippen LogP contribution in [0.3, 0.4) is 0 Å². The fourth-order valence-electron chi connectivity index (χ4n) is 2.80. The van der Waals surface area contributed by atoms with Gasteiger partial charge in [-0.05, 0) is 29.9 Å². The highest BCUT2D eigenvalue weighted by Crippen LogP contribution is 2.32. The molecule has 0 unspecified atom stereocenters. The Morgan fingerprint density at radius 2 is 1.84 bits per heavy atom. The Morgan fingerprint density at radius 3 is 2.47 bits per heavy atom. The second kappa shape index (κ2) is 7.29. The first kappa shape index (κ1) is 14.1. The molecule has 0 heterocycles. The third kappa shape index (κ3) is 4.35. The fraction of sp³-hybridized carbons (Fsp3) is 0.562. The molecule has 0 spiro atoms. The summed E-state index contributed by atoms with van der Waals surface area (Å²) in [5.41, 5.74) is 7.87. The summed E-state index contributed by atoms with van der Waals surface area (Å²) in [6.07, 6.45) is 7.18. The van der Waals surface area contributed by atoms with Crippen LogP contribution in [0.4, 0.5) is 0 Å². The van der Waals surface area contributed by atoms with Gasteiger partial charge in [0.05, 0.1) is 6.42 Å². The van der Waals surface area contributed by atoms with Crippen LogP contribution in [0.25, 0.3) is 0 Å². The van der Waals surface area contributed by atoms with E-state index in [1.807, 2.05) is 0 Å². The second-order valence-corrected chi connectivity index (χ2v) is 5.39. The van der Waals surface area contributed by atoms with E-state index in [1.165, 1.54) is 37.7 Å². The van der Waals surface area contributed by atoms with Crippen LogP contribution in [0.1, 0.15) is 49.1 Å². The van der Waals surface area contributed by atoms with Crippen LogP contribution in [0.15, 0.2) is 24.3 Å². The molecule has 0 saturated heterocycles. The van der Waals surface area contributed by atoms with E-state index in [-0.39, 0.29) is 5.91 Å². The lowest BCUT2D eigenvalue weighted by atomic mass is 9.84. The topological polar surface area (TPSA) is 55.1 Å². The van der Waals surface area contributed by atoms with Crippen LogP contribution >= 0.6 is 0 Å². The first-order valence-corrected chi connectivity index (χ1v) is 7.35. The number of benzene rings is 1. The monoisotopic (exact) mass is 260 g/mol. The number of hydrogen-bond donors (Lipinski definition) is 2. The van der Waals surface area contributed by atoms with Crippen molar-refractivity contribution in [3.8, 4) is 0 Å². The van der Waals surface area contributed by atoms with Crippen molar-refractivity contribution in [1.82, 2.24) is 5.32 Å². The molecule has 1 aliphatic rings. The average molecular weight is 260 g/mol. The van der Waals surface area contributed by atoms with Crippen molar-refractivity contribution >= 4 is 5.91 Å². The summed E-state index contributed by atoms with van der Waals surface area (Å²) in [5, 5.41) is 2.79. The largest absolute Gasteiger partial charge is 0.355 e. The van der Waals surface area contributed by atoms with Gasteiger partial charge in [0.25, 0.3) is 0 Å². The Kier molecular flexibility index (Phi) is 5.40. The lowest BCUT2D eigenvalue weighted by Gasteiger charge is -2.22. The minimum Gasteiger partial charge on any atom is -0.355 e. The molecule has 1 aromatic rings. The standard InChI is InChI=1S/C16H24N2O/c17-10-11-18-16(19)12-13-6-8-15(9-7-13)14-4-2-1-3-5-14/h6-9,14H,1-5,10-12,17H2,(H,18,19). The van der Waals surface area contributed by atoms with Crippen molar-refractivity contribution in [2.45, 2.75) is 44.4 Å². The molecule has 104 valence electrons. The van der Waals surface area contributed by atoms with Crippen molar-refractivity contribution in [3.63, 3.8) is 0 Å². The molecule has 1 aliphatic carbocycles. The molecule has 0 aliphatic heterocycles. The summed E-state index contributed by atoms with van der Waals surface area (Å²) >= 11 is 0. The highest BCUT2D eigenvalue weighted by Gasteiger charge is 2.15. The van der Waals surface area contributed by atoms with Crippen molar-refractivity contribution in [1.29, 1.82) is 0 Å². The average Bonchev–Trinajstić information content (AvgIpc) is 2.47. The molecule has 3 N–H and O–H groups in total. The molecule has 0 atom stereocenters. The zero-order valence-electron chi connectivity index (χ0n) is 11.5. The lowest BCUT2D eigenvalue weighted by molar-refractivity contribution is -0.120. The predicted octanol–water partition coefficient (Wildman–Crippen LogP) is 2.35. The minimum absolute atomic E-state index is 0.0517. The third-order valence-electron chi connectivity index (χ3n) is 3.89. The highest BCUT2D eigenvalue weighted by molar-refractivity contribution is 5.78. The number of amides is 1. The second-order valence-electron chi connectivity index (χ2n) is 5.39. The third-order valence-corrected chi connectivity index (χ3v) is 3.89. The van der Waals surface area contributed by atoms with Gasteiger partial charge >= 0.3 is 0 Å². The van der Waals surface area contributed by atoms with Crippen molar-refractivity contribution in [2.24, 2.45) is 5.73 Å². The molecule has 0 bridgehead atoms. The molecule has 1 amide bonds. The summed E-state index contributed by atoms with van der Waals surface area (Å²) < 4.78 is 0. The molecule has 1 fully saturated rings. The van der Waals surface area contributed by atoms with Gasteiger partial charge in [-0.1, -0.05) is 43.5 Å². The number of nitrogens with two attached hydrogens (primary N) is 1. The zero-order chi connectivity index (χ0) is 13.5. The van der Waals surface area contributed by atoms with E-state index in [1.54, 1.807) is 0 Å². The SMILES string of the molecule is NCCNC(=O)Cc1ccc(C2CCCCC2)cc1. The van der Waals surface area contributed by atoms with Gasteiger partial charge in [0, 0.05) is 13.1 Å². The summed E-state index contributed by atoms with van der Waals surface area (Å²) in [6, 6.07) is 8.57. The van der Waals surface area contributed by atoms with Gasteiger partial charge < -0.3 is 11.1 Å². The van der Waals surface area contributed by atoms with E-state index in [2.05, 4.69) is 29.6 Å². The Balaban J connectivity index is 1.88. The van der Waals surface area contributed by atoms with E-state index >= 15 is 0 Å². The van der Waals surface area contributed by atoms with Crippen LogP contribution in [0.5, 0.6) is 0 Å². The van der Waals surface area contributed by atoms with Crippen molar-refractivity contribution in [2.75, 3.05) is 13.1 Å². The molecule has 2 rings (SSSR count). The quantitative estimate of drug-likeness (QED) is 0.854. The first-order chi connectivity index (χ1) is 9.29. The maximum atomic E-state index is 11.6. The maximum absolute atomic E-state index is 11.6. The van der Waals surface area contributed by atoms with Crippen LogP contribution < -0.4 is 11.1 Å². The first-order valence-electron chi connectivity index (χ1n) is 7.35. The Hall–Kier alpha value is -1.35. The lowest BCUT2D eigenvalue weighted by Crippen LogP contribution is -2.30. The smallest absolute Gasteiger partial charge is 0.224 e. The van der Waals surface area contributed by atoms with Crippen LogP contribution in [-0.2, 0) is 11.2 Å². The van der Waals surface area contributed by atoms with E-state index in [0.717, 1.165) is 11.5 Å². The highest BCUT2D eigenvalue weighted by atomic mass is 16.1. The van der Waals surface area contributed by atoms with Gasteiger partial charge in [-0.15, -0.1) is 0 Å². The number of rotatable bonds is 5. The van der Waals surface area contributed by atoms with Gasteiger partial charge in [-0.25, -0.2) is 0 Å². The molecular weight excluding hydrogens is 236 g/mol. The van der Waals surface area contributed by atoms with Gasteiger partial charge in [0.1, 0.15) is 0 Å². The maximum Gasteiger partial charge on any atom is 0.224 e. The molecule has 0 radical (unpaired) electrons. The molecular formula is C16H24N2O. The Bertz CT molecular complexity index is 394. The molecule has 1 saturated carbocycles. The normalized spacial score (nSPS) is 16.3. The summed E-state index contributed by atoms with van der Waals surface area (Å²) in [5.74, 6) is 0.782. The minimum atomic E-state index is 0.0517. The zero-order valence-corrected chi connectivity index (χ0v) is 11.5. The Labute approximate surface area is 115 Å². The summed E-state index contributed by atoms with van der Waals surface area (Å²) in [6.45, 7) is 1.05. The summed E-state index contributed by atoms with van der Waals surface area (Å²) in [7, 11) is 0. The molecule has 0 aromatic heterocycles. The van der Waals surface area contributed by atoms with Gasteiger partial charge in [-0.3, -0.25) is 4.79 Å². The molecule has 3 heteroatoms. The van der Waals surface area contributed by atoms with E-state index < -0.39 is 0 Å². The number of carbonyl (C=O) groups excluding carboxylic acids is 1. The van der Waals surface area contributed by atoms with E-state index in [0.29, 0.717) is 19.5 Å². The van der Waals surface area contributed by atoms with Crippen molar-refractivity contribution < 1.29 is 4.79 Å². The number of carbonyl (C=O) groups is 1. The number of hydrogen-bond acceptors (Lipinski definition) is 2. The van der Waals surface area contributed by atoms with E-state index in [4.69, 9.17) is 5.73 Å².